The Hall–Kier alpha value is -3.97. The number of fused-ring (bicyclic) bond motifs is 5. The Morgan fingerprint density at radius 1 is 0.703 bits per heavy atom. The van der Waals surface area contributed by atoms with E-state index in [1.807, 2.05) is 0 Å². The van der Waals surface area contributed by atoms with Crippen molar-refractivity contribution < 1.29 is 0 Å². The molecule has 0 N–H and O–H groups in total. The van der Waals surface area contributed by atoms with Crippen LogP contribution >= 0.6 is 0 Å². The van der Waals surface area contributed by atoms with Crippen LogP contribution in [0.3, 0.4) is 0 Å². The van der Waals surface area contributed by atoms with Crippen LogP contribution in [-0.2, 0) is 0 Å². The van der Waals surface area contributed by atoms with E-state index in [1.165, 1.54) is 44.7 Å². The van der Waals surface area contributed by atoms with Gasteiger partial charge in [0.1, 0.15) is 0 Å². The van der Waals surface area contributed by atoms with E-state index in [1.54, 1.807) is 5.57 Å². The predicted molar refractivity (Wildman–Crippen MR) is 157 cm³/mol. The topological polar surface area (TPSA) is 12.4 Å². The second-order valence-electron chi connectivity index (χ2n) is 10.5. The van der Waals surface area contributed by atoms with Crippen LogP contribution in [0.25, 0.3) is 22.3 Å². The maximum absolute atomic E-state index is 5.13. The normalized spacial score (nSPS) is 22.9. The Kier molecular flexibility index (Phi) is 5.70. The lowest BCUT2D eigenvalue weighted by molar-refractivity contribution is 0.655. The fourth-order valence-corrected chi connectivity index (χ4v) is 6.49. The van der Waals surface area contributed by atoms with E-state index >= 15 is 0 Å². The van der Waals surface area contributed by atoms with Crippen molar-refractivity contribution in [2.24, 2.45) is 10.9 Å². The van der Waals surface area contributed by atoms with Crippen molar-refractivity contribution in [2.45, 2.75) is 38.0 Å². The molecule has 0 heterocycles. The van der Waals surface area contributed by atoms with Gasteiger partial charge in [0, 0.05) is 29.5 Å². The fraction of sp³-hybridized carbons (Fsp3) is 0.194. The van der Waals surface area contributed by atoms with E-state index in [0.29, 0.717) is 11.8 Å². The second-order valence-corrected chi connectivity index (χ2v) is 10.5. The molecule has 0 fully saturated rings. The molecule has 0 saturated carbocycles. The molecule has 2 unspecified atom stereocenters. The minimum Gasteiger partial charge on any atom is -0.257 e. The van der Waals surface area contributed by atoms with Crippen LogP contribution in [0.1, 0.15) is 54.7 Å². The fourth-order valence-electron chi connectivity index (χ4n) is 6.49. The third-order valence-corrected chi connectivity index (χ3v) is 8.34. The van der Waals surface area contributed by atoms with Crippen molar-refractivity contribution in [3.8, 4) is 11.1 Å². The molecule has 0 aliphatic heterocycles. The first-order chi connectivity index (χ1) is 18.3. The molecular weight excluding hydrogens is 446 g/mol. The van der Waals surface area contributed by atoms with Crippen LogP contribution in [0.5, 0.6) is 0 Å². The van der Waals surface area contributed by atoms with Gasteiger partial charge in [-0.3, -0.25) is 4.99 Å². The Morgan fingerprint density at radius 2 is 1.54 bits per heavy atom. The molecule has 180 valence electrons. The maximum Gasteiger partial charge on any atom is 0.0707 e. The third kappa shape index (κ3) is 4.09. The van der Waals surface area contributed by atoms with Gasteiger partial charge in [0.05, 0.1) is 5.69 Å². The van der Waals surface area contributed by atoms with E-state index in [0.717, 1.165) is 37.8 Å². The number of para-hydroxylation sites is 1. The highest BCUT2D eigenvalue weighted by Crippen LogP contribution is 2.49. The highest BCUT2D eigenvalue weighted by molar-refractivity contribution is 5.94. The quantitative estimate of drug-likeness (QED) is 0.356. The van der Waals surface area contributed by atoms with Gasteiger partial charge in [-0.2, -0.15) is 0 Å². The van der Waals surface area contributed by atoms with Crippen LogP contribution in [0.15, 0.2) is 126 Å². The molecule has 0 radical (unpaired) electrons. The number of nitrogens with zero attached hydrogens (tertiary/aromatic N) is 1. The molecule has 3 aromatic rings. The van der Waals surface area contributed by atoms with Gasteiger partial charge >= 0.3 is 0 Å². The SMILES string of the molecule is C1=CC2C3=C(CCC=C3)c3ccc(C4=CCC(=Nc5ccccc5-c5ccccc5)CC4)cc3C2C=C1. The monoisotopic (exact) mass is 477 g/mol. The van der Waals surface area contributed by atoms with Gasteiger partial charge in [0.15, 0.2) is 0 Å². The first-order valence-electron chi connectivity index (χ1n) is 13.6. The number of rotatable bonds is 3. The van der Waals surface area contributed by atoms with Crippen LogP contribution in [0.4, 0.5) is 5.69 Å². The Morgan fingerprint density at radius 3 is 2.41 bits per heavy atom. The number of allylic oxidation sites excluding steroid dienone is 10. The molecule has 2 atom stereocenters. The Bertz CT molecular complexity index is 1540. The summed E-state index contributed by atoms with van der Waals surface area (Å²) < 4.78 is 0. The smallest absolute Gasteiger partial charge is 0.0707 e. The van der Waals surface area contributed by atoms with Crippen molar-refractivity contribution in [3.05, 3.63) is 138 Å². The van der Waals surface area contributed by atoms with Gasteiger partial charge in [0.25, 0.3) is 0 Å². The van der Waals surface area contributed by atoms with Gasteiger partial charge < -0.3 is 0 Å². The first-order valence-corrected chi connectivity index (χ1v) is 13.6. The van der Waals surface area contributed by atoms with Gasteiger partial charge in [0.2, 0.25) is 0 Å². The third-order valence-electron chi connectivity index (χ3n) is 8.34. The summed E-state index contributed by atoms with van der Waals surface area (Å²) in [5.41, 5.74) is 13.7. The average Bonchev–Trinajstić information content (AvgIpc) is 2.98. The second kappa shape index (κ2) is 9.48. The molecule has 0 saturated heterocycles. The zero-order valence-corrected chi connectivity index (χ0v) is 21.1. The molecular formula is C36H31N. The summed E-state index contributed by atoms with van der Waals surface area (Å²) in [4.78, 5) is 5.13. The van der Waals surface area contributed by atoms with E-state index in [-0.39, 0.29) is 0 Å². The Balaban J connectivity index is 1.19. The standard InChI is InChI=1S/C36H31N/c1-2-10-26(11-3-1)29-12-8-9-17-36(29)37-28-21-18-25(19-22-28)27-20-23-34-32-15-5-4-13-30(32)31-14-6-7-16-33(31)35(34)24-27/h1-4,6-14,16-18,20,23-24,31,33H,5,15,19,21-22H2. The van der Waals surface area contributed by atoms with Crippen molar-refractivity contribution in [3.63, 3.8) is 0 Å². The summed E-state index contributed by atoms with van der Waals surface area (Å²) in [6.07, 6.45) is 21.7. The molecule has 4 aliphatic rings. The predicted octanol–water partition coefficient (Wildman–Crippen LogP) is 9.64. The number of hydrogen-bond donors (Lipinski definition) is 0. The number of aliphatic imine (C=N–C) groups is 1. The molecule has 3 aromatic carbocycles. The summed E-state index contributed by atoms with van der Waals surface area (Å²) >= 11 is 0. The van der Waals surface area contributed by atoms with Crippen molar-refractivity contribution in [1.29, 1.82) is 0 Å². The summed E-state index contributed by atoms with van der Waals surface area (Å²) in [6.45, 7) is 0. The zero-order chi connectivity index (χ0) is 24.6. The molecule has 4 aliphatic carbocycles. The highest BCUT2D eigenvalue weighted by Gasteiger charge is 2.33. The highest BCUT2D eigenvalue weighted by atomic mass is 14.8. The van der Waals surface area contributed by atoms with Crippen LogP contribution < -0.4 is 0 Å². The van der Waals surface area contributed by atoms with E-state index < -0.39 is 0 Å². The largest absolute Gasteiger partial charge is 0.257 e. The molecule has 37 heavy (non-hydrogen) atoms. The first kappa shape index (κ1) is 22.2. The van der Waals surface area contributed by atoms with Gasteiger partial charge in [-0.05, 0) is 70.7 Å². The molecule has 0 aromatic heterocycles. The van der Waals surface area contributed by atoms with Gasteiger partial charge in [-0.1, -0.05) is 109 Å². The summed E-state index contributed by atoms with van der Waals surface area (Å²) in [5.74, 6) is 0.917. The molecule has 7 rings (SSSR count). The summed E-state index contributed by atoms with van der Waals surface area (Å²) in [7, 11) is 0. The van der Waals surface area contributed by atoms with Crippen molar-refractivity contribution in [1.82, 2.24) is 0 Å². The summed E-state index contributed by atoms with van der Waals surface area (Å²) in [6, 6.07) is 26.4. The number of hydrogen-bond acceptors (Lipinski definition) is 1. The lowest BCUT2D eigenvalue weighted by Gasteiger charge is -2.36. The molecule has 1 heteroatoms. The van der Waals surface area contributed by atoms with E-state index in [9.17, 15) is 0 Å². The zero-order valence-electron chi connectivity index (χ0n) is 21.1. The van der Waals surface area contributed by atoms with E-state index in [4.69, 9.17) is 4.99 Å². The van der Waals surface area contributed by atoms with Gasteiger partial charge in [-0.25, -0.2) is 0 Å². The van der Waals surface area contributed by atoms with Crippen LogP contribution in [0, 0.1) is 5.92 Å². The van der Waals surface area contributed by atoms with Gasteiger partial charge in [-0.15, -0.1) is 0 Å². The molecule has 0 spiro atoms. The minimum absolute atomic E-state index is 0.442. The summed E-state index contributed by atoms with van der Waals surface area (Å²) in [5, 5.41) is 0. The minimum atomic E-state index is 0.442. The molecule has 0 bridgehead atoms. The van der Waals surface area contributed by atoms with Crippen molar-refractivity contribution in [2.75, 3.05) is 0 Å². The average molecular weight is 478 g/mol. The van der Waals surface area contributed by atoms with E-state index in [2.05, 4.69) is 115 Å². The Labute approximate surface area is 220 Å². The maximum atomic E-state index is 5.13. The molecule has 1 nitrogen and oxygen atoms in total. The number of benzene rings is 3. The van der Waals surface area contributed by atoms with Crippen LogP contribution in [-0.4, -0.2) is 5.71 Å². The van der Waals surface area contributed by atoms with Crippen LogP contribution in [0.2, 0.25) is 0 Å². The molecule has 0 amide bonds. The lowest BCUT2D eigenvalue weighted by atomic mass is 9.67. The lowest BCUT2D eigenvalue weighted by Crippen LogP contribution is -2.21. The van der Waals surface area contributed by atoms with Crippen molar-refractivity contribution >= 4 is 22.5 Å².